The van der Waals surface area contributed by atoms with Crippen molar-refractivity contribution in [2.75, 3.05) is 14.2 Å². The number of methoxy groups -OCH3 is 1. The predicted molar refractivity (Wildman–Crippen MR) is 59.6 cm³/mol. The van der Waals surface area contributed by atoms with Crippen molar-refractivity contribution < 1.29 is 9.13 Å². The minimum Gasteiger partial charge on any atom is -0.376 e. The molecule has 0 bridgehead atoms. The highest BCUT2D eigenvalue weighted by Gasteiger charge is 2.44. The topological polar surface area (TPSA) is 34.2 Å². The van der Waals surface area contributed by atoms with Gasteiger partial charge in [0.1, 0.15) is 5.82 Å². The normalized spacial score (nSPS) is 20.2. The Balaban J connectivity index is 2.28. The molecule has 1 atom stereocenters. The first kappa shape index (κ1) is 11.5. The van der Waals surface area contributed by atoms with E-state index in [9.17, 15) is 4.39 Å². The number of nitrogens with one attached hydrogen (secondary N) is 1. The van der Waals surface area contributed by atoms with E-state index in [1.54, 1.807) is 13.3 Å². The molecule has 1 heterocycles. The third kappa shape index (κ3) is 1.83. The summed E-state index contributed by atoms with van der Waals surface area (Å²) in [5.74, 6) is -0.302. The van der Waals surface area contributed by atoms with E-state index in [2.05, 4.69) is 10.3 Å². The second-order valence-corrected chi connectivity index (χ2v) is 4.28. The smallest absolute Gasteiger partial charge is 0.141 e. The maximum absolute atomic E-state index is 13.1. The van der Waals surface area contributed by atoms with Crippen molar-refractivity contribution in [2.24, 2.45) is 0 Å². The molecular weight excluding hydrogens is 207 g/mol. The summed E-state index contributed by atoms with van der Waals surface area (Å²) >= 11 is 0. The molecule has 0 amide bonds. The number of pyridine rings is 1. The van der Waals surface area contributed by atoms with Crippen LogP contribution in [0.1, 0.15) is 30.9 Å². The van der Waals surface area contributed by atoms with Crippen LogP contribution in [0.15, 0.2) is 18.5 Å². The Bertz CT molecular complexity index is 360. The fourth-order valence-electron chi connectivity index (χ4n) is 2.46. The van der Waals surface area contributed by atoms with Crippen LogP contribution in [0, 0.1) is 5.82 Å². The molecule has 2 rings (SSSR count). The van der Waals surface area contributed by atoms with E-state index in [-0.39, 0.29) is 17.5 Å². The number of rotatable bonds is 4. The molecule has 0 radical (unpaired) electrons. The first-order chi connectivity index (χ1) is 7.72. The summed E-state index contributed by atoms with van der Waals surface area (Å²) in [6.45, 7) is 0. The summed E-state index contributed by atoms with van der Waals surface area (Å²) in [7, 11) is 3.59. The zero-order chi connectivity index (χ0) is 11.6. The van der Waals surface area contributed by atoms with Crippen LogP contribution in [0.2, 0.25) is 0 Å². The minimum absolute atomic E-state index is 0.00875. The quantitative estimate of drug-likeness (QED) is 0.850. The number of halogens is 1. The molecule has 0 saturated heterocycles. The average Bonchev–Trinajstić information content (AvgIpc) is 2.23. The molecule has 1 aromatic rings. The summed E-state index contributed by atoms with van der Waals surface area (Å²) in [6, 6.07) is 1.53. The van der Waals surface area contributed by atoms with Crippen molar-refractivity contribution in [3.05, 3.63) is 29.8 Å². The molecule has 1 aromatic heterocycles. The zero-order valence-electron chi connectivity index (χ0n) is 9.66. The summed E-state index contributed by atoms with van der Waals surface area (Å²) in [4.78, 5) is 3.89. The van der Waals surface area contributed by atoms with Crippen LogP contribution in [-0.2, 0) is 4.74 Å². The maximum Gasteiger partial charge on any atom is 0.141 e. The van der Waals surface area contributed by atoms with Crippen LogP contribution in [0.25, 0.3) is 0 Å². The molecule has 4 heteroatoms. The number of nitrogens with zero attached hydrogens (tertiary/aromatic N) is 1. The second kappa shape index (κ2) is 4.47. The first-order valence-corrected chi connectivity index (χ1v) is 5.55. The lowest BCUT2D eigenvalue weighted by Gasteiger charge is -2.46. The Kier molecular flexibility index (Phi) is 3.21. The Labute approximate surface area is 95.0 Å². The molecule has 1 unspecified atom stereocenters. The molecule has 16 heavy (non-hydrogen) atoms. The SMILES string of the molecule is CNC(c1cncc(F)c1)C1(OC)CCC1. The van der Waals surface area contributed by atoms with Crippen LogP contribution in [0.3, 0.4) is 0 Å². The van der Waals surface area contributed by atoms with Gasteiger partial charge >= 0.3 is 0 Å². The van der Waals surface area contributed by atoms with E-state index in [4.69, 9.17) is 4.74 Å². The Morgan fingerprint density at radius 2 is 2.25 bits per heavy atom. The summed E-state index contributed by atoms with van der Waals surface area (Å²) in [6.07, 6.45) is 6.09. The number of likely N-dealkylation sites (N-methyl/N-ethyl adjacent to an activating group) is 1. The third-order valence-corrected chi connectivity index (χ3v) is 3.48. The van der Waals surface area contributed by atoms with Crippen molar-refractivity contribution in [3.63, 3.8) is 0 Å². The van der Waals surface area contributed by atoms with Crippen molar-refractivity contribution in [1.29, 1.82) is 0 Å². The number of hydrogen-bond acceptors (Lipinski definition) is 3. The lowest BCUT2D eigenvalue weighted by atomic mass is 9.72. The summed E-state index contributed by atoms with van der Waals surface area (Å²) in [5, 5.41) is 3.21. The van der Waals surface area contributed by atoms with Gasteiger partial charge in [0.15, 0.2) is 0 Å². The van der Waals surface area contributed by atoms with E-state index in [0.29, 0.717) is 0 Å². The summed E-state index contributed by atoms with van der Waals surface area (Å²) in [5.41, 5.74) is 0.661. The van der Waals surface area contributed by atoms with Gasteiger partial charge in [-0.15, -0.1) is 0 Å². The molecule has 88 valence electrons. The molecule has 1 aliphatic rings. The van der Waals surface area contributed by atoms with Gasteiger partial charge in [-0.3, -0.25) is 4.98 Å². The largest absolute Gasteiger partial charge is 0.376 e. The molecule has 0 aromatic carbocycles. The molecule has 3 nitrogen and oxygen atoms in total. The highest BCUT2D eigenvalue weighted by Crippen LogP contribution is 2.44. The predicted octanol–water partition coefficient (Wildman–Crippen LogP) is 2.05. The fourth-order valence-corrected chi connectivity index (χ4v) is 2.46. The van der Waals surface area contributed by atoms with Gasteiger partial charge in [0.25, 0.3) is 0 Å². The van der Waals surface area contributed by atoms with Gasteiger partial charge in [-0.1, -0.05) is 0 Å². The molecule has 0 aliphatic heterocycles. The van der Waals surface area contributed by atoms with Crippen molar-refractivity contribution >= 4 is 0 Å². The standard InChI is InChI=1S/C12H17FN2O/c1-14-11(12(16-2)4-3-5-12)9-6-10(13)8-15-7-9/h6-8,11,14H,3-5H2,1-2H3. The maximum atomic E-state index is 13.1. The van der Waals surface area contributed by atoms with Gasteiger partial charge in [-0.25, -0.2) is 4.39 Å². The van der Waals surface area contributed by atoms with E-state index in [1.165, 1.54) is 12.3 Å². The molecule has 1 fully saturated rings. The van der Waals surface area contributed by atoms with E-state index < -0.39 is 0 Å². The van der Waals surface area contributed by atoms with Crippen LogP contribution in [0.5, 0.6) is 0 Å². The number of ether oxygens (including phenoxy) is 1. The monoisotopic (exact) mass is 224 g/mol. The van der Waals surface area contributed by atoms with E-state index in [0.717, 1.165) is 24.8 Å². The first-order valence-electron chi connectivity index (χ1n) is 5.55. The molecule has 0 spiro atoms. The highest BCUT2D eigenvalue weighted by atomic mass is 19.1. The Morgan fingerprint density at radius 3 is 2.69 bits per heavy atom. The van der Waals surface area contributed by atoms with E-state index in [1.807, 2.05) is 7.05 Å². The lowest BCUT2D eigenvalue weighted by Crippen LogP contribution is -2.49. The van der Waals surface area contributed by atoms with Crippen molar-refractivity contribution in [3.8, 4) is 0 Å². The lowest BCUT2D eigenvalue weighted by molar-refractivity contribution is -0.0984. The third-order valence-electron chi connectivity index (χ3n) is 3.48. The zero-order valence-corrected chi connectivity index (χ0v) is 9.66. The molecule has 1 N–H and O–H groups in total. The summed E-state index contributed by atoms with van der Waals surface area (Å²) < 4.78 is 18.8. The Hall–Kier alpha value is -1.00. The molecular formula is C12H17FN2O. The minimum atomic E-state index is -0.302. The van der Waals surface area contributed by atoms with Crippen molar-refractivity contribution in [1.82, 2.24) is 10.3 Å². The van der Waals surface area contributed by atoms with Crippen molar-refractivity contribution in [2.45, 2.75) is 30.9 Å². The van der Waals surface area contributed by atoms with Crippen LogP contribution in [0.4, 0.5) is 4.39 Å². The molecule has 1 aliphatic carbocycles. The Morgan fingerprint density at radius 1 is 1.50 bits per heavy atom. The van der Waals surface area contributed by atoms with Gasteiger partial charge in [0.05, 0.1) is 17.8 Å². The highest BCUT2D eigenvalue weighted by molar-refractivity contribution is 5.21. The van der Waals surface area contributed by atoms with Crippen LogP contribution < -0.4 is 5.32 Å². The second-order valence-electron chi connectivity index (χ2n) is 4.28. The fraction of sp³-hybridized carbons (Fsp3) is 0.583. The average molecular weight is 224 g/mol. The van der Waals surface area contributed by atoms with Crippen LogP contribution >= 0.6 is 0 Å². The number of aromatic nitrogens is 1. The van der Waals surface area contributed by atoms with Crippen LogP contribution in [-0.4, -0.2) is 24.7 Å². The van der Waals surface area contributed by atoms with Gasteiger partial charge < -0.3 is 10.1 Å². The van der Waals surface area contributed by atoms with Gasteiger partial charge in [0, 0.05) is 13.3 Å². The van der Waals surface area contributed by atoms with Gasteiger partial charge in [0.2, 0.25) is 0 Å². The van der Waals surface area contributed by atoms with Gasteiger partial charge in [-0.05, 0) is 37.9 Å². The molecule has 1 saturated carbocycles. The number of hydrogen-bond donors (Lipinski definition) is 1. The van der Waals surface area contributed by atoms with Gasteiger partial charge in [-0.2, -0.15) is 0 Å². The van der Waals surface area contributed by atoms with E-state index >= 15 is 0 Å².